The number of hydrogen-bond acceptors (Lipinski definition) is 7. The lowest BCUT2D eigenvalue weighted by Gasteiger charge is -2.40. The number of hydrogen-bond donors (Lipinski definition) is 0. The minimum atomic E-state index is -1.43. The molecule has 3 aromatic rings. The Morgan fingerprint density at radius 3 is 2.30 bits per heavy atom. The van der Waals surface area contributed by atoms with Crippen LogP contribution in [0.1, 0.15) is 29.3 Å². The largest absolute Gasteiger partial charge is 0.374 e. The van der Waals surface area contributed by atoms with Gasteiger partial charge in [0.25, 0.3) is 5.56 Å². The summed E-state index contributed by atoms with van der Waals surface area (Å²) >= 11 is 0. The summed E-state index contributed by atoms with van der Waals surface area (Å²) < 4.78 is 34.0. The number of ether oxygens (including phenoxy) is 5. The van der Waals surface area contributed by atoms with E-state index in [4.69, 9.17) is 23.7 Å². The highest BCUT2D eigenvalue weighted by Crippen LogP contribution is 2.56. The van der Waals surface area contributed by atoms with Gasteiger partial charge in [-0.05, 0) is 18.1 Å². The van der Waals surface area contributed by atoms with Gasteiger partial charge in [-0.3, -0.25) is 13.9 Å². The number of rotatable bonds is 9. The first-order valence-corrected chi connectivity index (χ1v) is 12.3. The summed E-state index contributed by atoms with van der Waals surface area (Å²) in [5.74, 6) is -1.43. The number of nitrogens with zero attached hydrogens (tertiary/aromatic N) is 2. The molecule has 5 rings (SSSR count). The van der Waals surface area contributed by atoms with Gasteiger partial charge in [0.05, 0.1) is 26.4 Å². The van der Waals surface area contributed by atoms with Crippen LogP contribution >= 0.6 is 0 Å². The zero-order chi connectivity index (χ0) is 26.0. The molecular formula is C28H32N2O7. The van der Waals surface area contributed by atoms with Crippen molar-refractivity contribution >= 4 is 0 Å². The van der Waals surface area contributed by atoms with E-state index in [-0.39, 0.29) is 12.2 Å². The maximum absolute atomic E-state index is 13.2. The highest BCUT2D eigenvalue weighted by atomic mass is 16.8. The van der Waals surface area contributed by atoms with E-state index in [2.05, 4.69) is 0 Å². The standard InChI is InChI=1S/C28H32N2O7/c1-20-16-30(26(32)29(2)24(20)31)25-28(33-3)27(14-15-35-28,36-18-22-12-8-5-9-13-22)23(37-25)19-34-17-21-10-6-4-7-11-21/h4-13,16,23,25H,14-15,17-19H2,1-3H3/t23-,25-,27-,28-/m1/s1. The van der Waals surface area contributed by atoms with E-state index in [0.717, 1.165) is 15.7 Å². The second-order valence-corrected chi connectivity index (χ2v) is 9.48. The molecule has 0 bridgehead atoms. The van der Waals surface area contributed by atoms with Crippen molar-refractivity contribution in [2.75, 3.05) is 20.3 Å². The van der Waals surface area contributed by atoms with Gasteiger partial charge in [0.1, 0.15) is 6.10 Å². The van der Waals surface area contributed by atoms with E-state index in [1.807, 2.05) is 60.7 Å². The van der Waals surface area contributed by atoms with Gasteiger partial charge in [0.15, 0.2) is 11.8 Å². The third kappa shape index (κ3) is 4.36. The summed E-state index contributed by atoms with van der Waals surface area (Å²) in [6.45, 7) is 2.87. The van der Waals surface area contributed by atoms with Crippen molar-refractivity contribution in [3.63, 3.8) is 0 Å². The van der Waals surface area contributed by atoms with Crippen molar-refractivity contribution in [3.05, 3.63) is 104 Å². The van der Waals surface area contributed by atoms with Crippen LogP contribution in [0.5, 0.6) is 0 Å². The first kappa shape index (κ1) is 25.6. The molecule has 9 nitrogen and oxygen atoms in total. The SMILES string of the molecule is CO[C@]12OCC[C@@]1(OCc1ccccc1)[C@@H](COCc1ccccc1)O[C@H]2n1cc(C)c(=O)n(C)c1=O. The molecule has 4 atom stereocenters. The highest BCUT2D eigenvalue weighted by molar-refractivity contribution is 5.18. The van der Waals surface area contributed by atoms with Gasteiger partial charge in [-0.1, -0.05) is 60.7 Å². The van der Waals surface area contributed by atoms with Crippen LogP contribution in [-0.4, -0.2) is 46.9 Å². The number of methoxy groups -OCH3 is 1. The van der Waals surface area contributed by atoms with E-state index in [9.17, 15) is 9.59 Å². The molecule has 2 saturated heterocycles. The maximum Gasteiger partial charge on any atom is 0.333 e. The van der Waals surface area contributed by atoms with Crippen LogP contribution in [0, 0.1) is 6.92 Å². The molecule has 37 heavy (non-hydrogen) atoms. The number of fused-ring (bicyclic) bond motifs is 1. The lowest BCUT2D eigenvalue weighted by atomic mass is 9.87. The Kier molecular flexibility index (Phi) is 7.15. The van der Waals surface area contributed by atoms with E-state index in [1.165, 1.54) is 24.9 Å². The van der Waals surface area contributed by atoms with E-state index < -0.39 is 29.4 Å². The van der Waals surface area contributed by atoms with Crippen LogP contribution in [-0.2, 0) is 43.9 Å². The molecule has 3 heterocycles. The second-order valence-electron chi connectivity index (χ2n) is 9.48. The molecule has 0 N–H and O–H groups in total. The van der Waals surface area contributed by atoms with Crippen molar-refractivity contribution in [3.8, 4) is 0 Å². The average Bonchev–Trinajstić information content (AvgIpc) is 3.43. The first-order valence-electron chi connectivity index (χ1n) is 12.3. The quantitative estimate of drug-likeness (QED) is 0.439. The van der Waals surface area contributed by atoms with Crippen molar-refractivity contribution in [1.29, 1.82) is 0 Å². The van der Waals surface area contributed by atoms with Crippen LogP contribution < -0.4 is 11.2 Å². The molecule has 0 amide bonds. The molecule has 2 aromatic carbocycles. The Bertz CT molecular complexity index is 1340. The van der Waals surface area contributed by atoms with Crippen molar-refractivity contribution in [2.24, 2.45) is 7.05 Å². The van der Waals surface area contributed by atoms with Crippen molar-refractivity contribution in [2.45, 2.75) is 50.3 Å². The second kappa shape index (κ2) is 10.4. The molecule has 2 aliphatic rings. The van der Waals surface area contributed by atoms with E-state index >= 15 is 0 Å². The molecule has 0 spiro atoms. The predicted octanol–water partition coefficient (Wildman–Crippen LogP) is 2.69. The number of aromatic nitrogens is 2. The van der Waals surface area contributed by atoms with E-state index in [0.29, 0.717) is 31.8 Å². The minimum absolute atomic E-state index is 0.189. The smallest absolute Gasteiger partial charge is 0.333 e. The van der Waals surface area contributed by atoms with Gasteiger partial charge in [0.2, 0.25) is 5.79 Å². The molecule has 196 valence electrons. The summed E-state index contributed by atoms with van der Waals surface area (Å²) in [4.78, 5) is 25.6. The summed E-state index contributed by atoms with van der Waals surface area (Å²) in [6.07, 6.45) is 0.353. The predicted molar refractivity (Wildman–Crippen MR) is 135 cm³/mol. The molecule has 2 aliphatic heterocycles. The molecule has 1 aromatic heterocycles. The third-order valence-electron chi connectivity index (χ3n) is 7.28. The van der Waals surface area contributed by atoms with Gasteiger partial charge in [-0.25, -0.2) is 4.79 Å². The van der Waals surface area contributed by atoms with Crippen LogP contribution in [0.2, 0.25) is 0 Å². The molecule has 0 saturated carbocycles. The summed E-state index contributed by atoms with van der Waals surface area (Å²) in [5, 5.41) is 0. The Balaban J connectivity index is 1.53. The zero-order valence-corrected chi connectivity index (χ0v) is 21.3. The van der Waals surface area contributed by atoms with Gasteiger partial charge >= 0.3 is 5.69 Å². The molecule has 0 aliphatic carbocycles. The third-order valence-corrected chi connectivity index (χ3v) is 7.28. The highest BCUT2D eigenvalue weighted by Gasteiger charge is 2.73. The Morgan fingerprint density at radius 2 is 1.65 bits per heavy atom. The zero-order valence-electron chi connectivity index (χ0n) is 21.3. The van der Waals surface area contributed by atoms with Crippen LogP contribution in [0.25, 0.3) is 0 Å². The normalized spacial score (nSPS) is 26.9. The fourth-order valence-corrected chi connectivity index (χ4v) is 5.35. The molecule has 0 radical (unpaired) electrons. The van der Waals surface area contributed by atoms with Gasteiger partial charge < -0.3 is 23.7 Å². The fraction of sp³-hybridized carbons (Fsp3) is 0.429. The van der Waals surface area contributed by atoms with Crippen LogP contribution in [0.3, 0.4) is 0 Å². The first-order chi connectivity index (χ1) is 17.9. The van der Waals surface area contributed by atoms with Gasteiger partial charge in [-0.15, -0.1) is 0 Å². The molecule has 0 unspecified atom stereocenters. The maximum atomic E-state index is 13.2. The van der Waals surface area contributed by atoms with Crippen LogP contribution in [0.4, 0.5) is 0 Å². The number of aryl methyl sites for hydroxylation is 1. The Morgan fingerprint density at radius 1 is 1.00 bits per heavy atom. The molecule has 2 fully saturated rings. The summed E-state index contributed by atoms with van der Waals surface area (Å²) in [6, 6.07) is 19.7. The van der Waals surface area contributed by atoms with E-state index in [1.54, 1.807) is 6.92 Å². The minimum Gasteiger partial charge on any atom is -0.374 e. The van der Waals surface area contributed by atoms with Crippen molar-refractivity contribution in [1.82, 2.24) is 9.13 Å². The fourth-order valence-electron chi connectivity index (χ4n) is 5.35. The van der Waals surface area contributed by atoms with Crippen molar-refractivity contribution < 1.29 is 23.7 Å². The van der Waals surface area contributed by atoms with Crippen LogP contribution in [0.15, 0.2) is 76.4 Å². The molecule has 9 heteroatoms. The lowest BCUT2D eigenvalue weighted by Crippen LogP contribution is -2.59. The van der Waals surface area contributed by atoms with Gasteiger partial charge in [0, 0.05) is 32.3 Å². The topological polar surface area (TPSA) is 90.2 Å². The summed E-state index contributed by atoms with van der Waals surface area (Å²) in [5.41, 5.74) is 0.441. The Hall–Kier alpha value is -3.08. The molecular weight excluding hydrogens is 476 g/mol. The summed E-state index contributed by atoms with van der Waals surface area (Å²) in [7, 11) is 2.97. The monoisotopic (exact) mass is 508 g/mol. The lowest BCUT2D eigenvalue weighted by molar-refractivity contribution is -0.296. The number of benzene rings is 2. The Labute approximate surface area is 215 Å². The average molecular weight is 509 g/mol. The van der Waals surface area contributed by atoms with Gasteiger partial charge in [-0.2, -0.15) is 0 Å².